The first-order chi connectivity index (χ1) is 15.2. The van der Waals surface area contributed by atoms with Crippen molar-refractivity contribution in [3.63, 3.8) is 0 Å². The highest BCUT2D eigenvalue weighted by atomic mass is 16.5. The molecular weight excluding hydrogens is 392 g/mol. The summed E-state index contributed by atoms with van der Waals surface area (Å²) < 4.78 is 5.56. The van der Waals surface area contributed by atoms with E-state index in [1.54, 1.807) is 36.7 Å². The maximum Gasteiger partial charge on any atom is 0.237 e. The number of hydrogen-bond acceptors (Lipinski definition) is 6. The van der Waals surface area contributed by atoms with Crippen molar-refractivity contribution in [3.8, 4) is 11.6 Å². The van der Waals surface area contributed by atoms with Crippen molar-refractivity contribution >= 4 is 16.8 Å². The molecule has 0 radical (unpaired) electrons. The zero-order chi connectivity index (χ0) is 21.5. The maximum atomic E-state index is 12.5. The van der Waals surface area contributed by atoms with Gasteiger partial charge >= 0.3 is 0 Å². The van der Waals surface area contributed by atoms with Gasteiger partial charge in [-0.15, -0.1) is 0 Å². The normalized spacial score (nSPS) is 14.0. The number of ether oxygens (including phenoxy) is 1. The number of imidazole rings is 1. The number of hydrogen-bond donors (Lipinski definition) is 2. The number of carbonyl (C=O) groups excluding carboxylic acids is 1. The zero-order valence-electron chi connectivity index (χ0n) is 17.1. The predicted octanol–water partition coefficient (Wildman–Crippen LogP) is 4.69. The van der Waals surface area contributed by atoms with Crippen LogP contribution in [0.5, 0.6) is 11.6 Å². The van der Waals surface area contributed by atoms with Crippen molar-refractivity contribution in [1.29, 1.82) is 0 Å². The van der Waals surface area contributed by atoms with E-state index in [1.807, 2.05) is 24.3 Å². The van der Waals surface area contributed by atoms with Crippen molar-refractivity contribution in [2.24, 2.45) is 0 Å². The van der Waals surface area contributed by atoms with Crippen LogP contribution in [0, 0.1) is 0 Å². The lowest BCUT2D eigenvalue weighted by Gasteiger charge is -2.14. The van der Waals surface area contributed by atoms with E-state index in [4.69, 9.17) is 9.84 Å². The summed E-state index contributed by atoms with van der Waals surface area (Å²) in [6, 6.07) is 14.3. The Hall–Kier alpha value is -3.58. The number of aromatic amines is 1. The second-order valence-electron chi connectivity index (χ2n) is 7.39. The average molecular weight is 416 g/mol. The van der Waals surface area contributed by atoms with Crippen LogP contribution >= 0.6 is 0 Å². The Labute approximate surface area is 180 Å². The minimum atomic E-state index is -0.169. The fraction of sp³-hybridized carbons (Fsp3) is 0.250. The van der Waals surface area contributed by atoms with Crippen LogP contribution in [0.3, 0.4) is 0 Å². The molecule has 31 heavy (non-hydrogen) atoms. The molecule has 4 aromatic rings. The molecule has 0 unspecified atom stereocenters. The third-order valence-electron chi connectivity index (χ3n) is 5.06. The number of aliphatic hydroxyl groups is 1. The molecular formula is C24H24N4O3. The van der Waals surface area contributed by atoms with Gasteiger partial charge in [0.1, 0.15) is 5.75 Å². The lowest BCUT2D eigenvalue weighted by molar-refractivity contribution is 0.103. The minimum Gasteiger partial charge on any atom is -0.438 e. The summed E-state index contributed by atoms with van der Waals surface area (Å²) in [5.41, 5.74) is 2.13. The van der Waals surface area contributed by atoms with Crippen molar-refractivity contribution < 1.29 is 14.6 Å². The summed E-state index contributed by atoms with van der Waals surface area (Å²) >= 11 is 0. The molecule has 1 aliphatic rings. The zero-order valence-corrected chi connectivity index (χ0v) is 17.1. The van der Waals surface area contributed by atoms with Gasteiger partial charge in [0.05, 0.1) is 23.3 Å². The summed E-state index contributed by atoms with van der Waals surface area (Å²) in [5.74, 6) is 1.13. The molecule has 1 saturated carbocycles. The van der Waals surface area contributed by atoms with Gasteiger partial charge in [-0.2, -0.15) is 0 Å². The van der Waals surface area contributed by atoms with E-state index in [2.05, 4.69) is 19.9 Å². The molecule has 0 atom stereocenters. The van der Waals surface area contributed by atoms with E-state index in [9.17, 15) is 4.79 Å². The SMILES string of the molecule is O=C(c1ccc(Oc2cnccn2)cc1)c1nc2ccccc2[nH]1.OC1CCCCC1. The van der Waals surface area contributed by atoms with Gasteiger partial charge in [-0.05, 0) is 49.2 Å². The standard InChI is InChI=1S/C18H12N4O2.C6H12O/c23-17(18-21-14-3-1-2-4-15(14)22-18)12-5-7-13(8-6-12)24-16-11-19-9-10-20-16;7-6-4-2-1-3-5-6/h1-11H,(H,21,22);6-7H,1-5H2. The molecule has 7 heteroatoms. The summed E-state index contributed by atoms with van der Waals surface area (Å²) in [6.07, 6.45) is 10.6. The van der Waals surface area contributed by atoms with Crippen LogP contribution in [0.25, 0.3) is 11.0 Å². The van der Waals surface area contributed by atoms with E-state index in [1.165, 1.54) is 25.5 Å². The van der Waals surface area contributed by atoms with Crippen LogP contribution in [-0.2, 0) is 0 Å². The molecule has 0 spiro atoms. The van der Waals surface area contributed by atoms with Gasteiger partial charge < -0.3 is 14.8 Å². The minimum absolute atomic E-state index is 0.0359. The van der Waals surface area contributed by atoms with Crippen LogP contribution < -0.4 is 4.74 Å². The molecule has 158 valence electrons. The summed E-state index contributed by atoms with van der Waals surface area (Å²) in [7, 11) is 0. The van der Waals surface area contributed by atoms with E-state index >= 15 is 0 Å². The van der Waals surface area contributed by atoms with Crippen LogP contribution in [0.15, 0.2) is 67.1 Å². The van der Waals surface area contributed by atoms with E-state index in [0.29, 0.717) is 23.0 Å². The Bertz CT molecular complexity index is 1090. The summed E-state index contributed by atoms with van der Waals surface area (Å²) in [4.78, 5) is 27.9. The van der Waals surface area contributed by atoms with E-state index < -0.39 is 0 Å². The highest BCUT2D eigenvalue weighted by molar-refractivity contribution is 6.08. The number of benzene rings is 2. The molecule has 2 N–H and O–H groups in total. The van der Waals surface area contributed by atoms with Crippen molar-refractivity contribution in [2.75, 3.05) is 0 Å². The number of aliphatic hydroxyl groups excluding tert-OH is 1. The fourth-order valence-corrected chi connectivity index (χ4v) is 3.41. The van der Waals surface area contributed by atoms with Gasteiger partial charge in [-0.3, -0.25) is 9.78 Å². The van der Waals surface area contributed by atoms with Crippen LogP contribution in [0.4, 0.5) is 0 Å². The quantitative estimate of drug-likeness (QED) is 0.468. The number of nitrogens with zero attached hydrogens (tertiary/aromatic N) is 3. The maximum absolute atomic E-state index is 12.5. The van der Waals surface area contributed by atoms with Crippen LogP contribution in [-0.4, -0.2) is 36.9 Å². The summed E-state index contributed by atoms with van der Waals surface area (Å²) in [6.45, 7) is 0. The van der Waals surface area contributed by atoms with E-state index in [-0.39, 0.29) is 11.9 Å². The van der Waals surface area contributed by atoms with Gasteiger partial charge in [-0.25, -0.2) is 9.97 Å². The molecule has 0 saturated heterocycles. The van der Waals surface area contributed by atoms with Crippen molar-refractivity contribution in [2.45, 2.75) is 38.2 Å². The Morgan fingerprint density at radius 3 is 2.42 bits per heavy atom. The molecule has 2 aromatic heterocycles. The average Bonchev–Trinajstić information content (AvgIpc) is 3.25. The van der Waals surface area contributed by atoms with E-state index in [0.717, 1.165) is 23.9 Å². The molecule has 5 rings (SSSR count). The number of fused-ring (bicyclic) bond motifs is 1. The Morgan fingerprint density at radius 1 is 1.00 bits per heavy atom. The number of nitrogens with one attached hydrogen (secondary N) is 1. The number of carbonyl (C=O) groups is 1. The Kier molecular flexibility index (Phi) is 6.64. The second kappa shape index (κ2) is 9.95. The van der Waals surface area contributed by atoms with Gasteiger partial charge in [0.25, 0.3) is 0 Å². The molecule has 1 fully saturated rings. The molecule has 0 aliphatic heterocycles. The first-order valence-electron chi connectivity index (χ1n) is 10.4. The lowest BCUT2D eigenvalue weighted by atomic mass is 9.98. The topological polar surface area (TPSA) is 101 Å². The highest BCUT2D eigenvalue weighted by Gasteiger charge is 2.14. The molecule has 0 bridgehead atoms. The predicted molar refractivity (Wildman–Crippen MR) is 117 cm³/mol. The third-order valence-corrected chi connectivity index (χ3v) is 5.06. The third kappa shape index (κ3) is 5.52. The second-order valence-corrected chi connectivity index (χ2v) is 7.39. The smallest absolute Gasteiger partial charge is 0.237 e. The van der Waals surface area contributed by atoms with Gasteiger partial charge in [0, 0.05) is 18.0 Å². The van der Waals surface area contributed by atoms with Crippen LogP contribution in [0.1, 0.15) is 48.3 Å². The molecule has 7 nitrogen and oxygen atoms in total. The monoisotopic (exact) mass is 416 g/mol. The summed E-state index contributed by atoms with van der Waals surface area (Å²) in [5, 5.41) is 8.91. The number of H-pyrrole nitrogens is 1. The molecule has 1 aliphatic carbocycles. The van der Waals surface area contributed by atoms with Gasteiger partial charge in [0.2, 0.25) is 11.7 Å². The largest absolute Gasteiger partial charge is 0.438 e. The van der Waals surface area contributed by atoms with Crippen LogP contribution in [0.2, 0.25) is 0 Å². The first-order valence-corrected chi connectivity index (χ1v) is 10.4. The lowest BCUT2D eigenvalue weighted by Crippen LogP contribution is -2.09. The number of rotatable bonds is 4. The Balaban J connectivity index is 0.000000282. The number of aromatic nitrogens is 4. The first kappa shape index (κ1) is 20.7. The van der Waals surface area contributed by atoms with Crippen molar-refractivity contribution in [1.82, 2.24) is 19.9 Å². The Morgan fingerprint density at radius 2 is 1.77 bits per heavy atom. The molecule has 2 aromatic carbocycles. The highest BCUT2D eigenvalue weighted by Crippen LogP contribution is 2.20. The molecule has 0 amide bonds. The molecule has 2 heterocycles. The number of para-hydroxylation sites is 2. The van der Waals surface area contributed by atoms with Crippen molar-refractivity contribution in [3.05, 3.63) is 78.5 Å². The number of ketones is 1. The van der Waals surface area contributed by atoms with Gasteiger partial charge in [0.15, 0.2) is 5.82 Å². The fourth-order valence-electron chi connectivity index (χ4n) is 3.41. The van der Waals surface area contributed by atoms with Gasteiger partial charge in [-0.1, -0.05) is 31.4 Å².